The van der Waals surface area contributed by atoms with Gasteiger partial charge in [-0.05, 0) is 48.0 Å². The number of amides is 1. The Morgan fingerprint density at radius 2 is 2.08 bits per heavy atom. The first-order chi connectivity index (χ1) is 11.9. The van der Waals surface area contributed by atoms with Gasteiger partial charge in [-0.1, -0.05) is 32.0 Å². The van der Waals surface area contributed by atoms with Crippen LogP contribution >= 0.6 is 0 Å². The molecule has 2 saturated carbocycles. The molecule has 0 radical (unpaired) electrons. The summed E-state index contributed by atoms with van der Waals surface area (Å²) in [5, 5.41) is 3.33. The zero-order valence-electron chi connectivity index (χ0n) is 15.7. The second-order valence-corrected chi connectivity index (χ2v) is 8.71. The molecule has 3 aliphatic rings. The molecule has 1 aromatic rings. The molecule has 1 heterocycles. The minimum atomic E-state index is 0.0576. The van der Waals surface area contributed by atoms with E-state index in [2.05, 4.69) is 31.3 Å². The predicted octanol–water partition coefficient (Wildman–Crippen LogP) is 3.71. The van der Waals surface area contributed by atoms with Gasteiger partial charge in [0.05, 0.1) is 13.2 Å². The molecule has 2 bridgehead atoms. The topological polar surface area (TPSA) is 47.6 Å². The Bertz CT molecular complexity index is 685. The first-order valence-electron chi connectivity index (χ1n) is 9.42. The summed E-state index contributed by atoms with van der Waals surface area (Å²) in [5.41, 5.74) is 1.44. The standard InChI is InChI=1S/C21H29NO3/c1-13(23)22-19-20(2,3)14-11-16-18(25-10-9-21(16,19)12-14)15-7-5-6-8-17(15)24-4/h5-8,14,16,18-19H,9-12H2,1-4H3,(H,22,23)/t14-,16-,18-,19-,21-/m1/s1. The molecule has 1 saturated heterocycles. The normalized spacial score (nSPS) is 38.2. The largest absolute Gasteiger partial charge is 0.496 e. The molecule has 1 spiro atoms. The van der Waals surface area contributed by atoms with Crippen LogP contribution in [0.25, 0.3) is 0 Å². The first kappa shape index (κ1) is 16.9. The summed E-state index contributed by atoms with van der Waals surface area (Å²) in [6.07, 6.45) is 3.47. The third kappa shape index (κ3) is 2.33. The van der Waals surface area contributed by atoms with Crippen LogP contribution in [-0.4, -0.2) is 25.7 Å². The molecule has 1 aliphatic heterocycles. The highest BCUT2D eigenvalue weighted by molar-refractivity contribution is 5.73. The molecule has 0 unspecified atom stereocenters. The van der Waals surface area contributed by atoms with Gasteiger partial charge in [0.15, 0.2) is 0 Å². The van der Waals surface area contributed by atoms with Crippen molar-refractivity contribution in [2.45, 2.75) is 52.2 Å². The molecule has 1 amide bonds. The monoisotopic (exact) mass is 343 g/mol. The molecule has 5 atom stereocenters. The number of hydrogen-bond acceptors (Lipinski definition) is 3. The summed E-state index contributed by atoms with van der Waals surface area (Å²) >= 11 is 0. The van der Waals surface area contributed by atoms with Gasteiger partial charge in [-0.25, -0.2) is 0 Å². The minimum absolute atomic E-state index is 0.0576. The molecule has 3 fully saturated rings. The van der Waals surface area contributed by atoms with Crippen molar-refractivity contribution in [3.05, 3.63) is 29.8 Å². The van der Waals surface area contributed by atoms with E-state index in [9.17, 15) is 4.79 Å². The number of methoxy groups -OCH3 is 1. The summed E-state index contributed by atoms with van der Waals surface area (Å²) in [7, 11) is 1.72. The zero-order chi connectivity index (χ0) is 17.8. The lowest BCUT2D eigenvalue weighted by atomic mass is 9.58. The molecule has 1 aromatic carbocycles. The summed E-state index contributed by atoms with van der Waals surface area (Å²) in [5.74, 6) is 2.06. The molecule has 4 rings (SSSR count). The summed E-state index contributed by atoms with van der Waals surface area (Å²) in [4.78, 5) is 11.9. The average Bonchev–Trinajstić information content (AvgIpc) is 3.07. The van der Waals surface area contributed by atoms with E-state index in [1.807, 2.05) is 12.1 Å². The van der Waals surface area contributed by atoms with Crippen molar-refractivity contribution in [3.63, 3.8) is 0 Å². The number of para-hydroxylation sites is 1. The SMILES string of the molecule is COc1ccccc1[C@H]1OCC[C@@]23C[C@@H](C[C@H]12)C(C)(C)[C@H]3NC(C)=O. The van der Waals surface area contributed by atoms with Gasteiger partial charge in [0.2, 0.25) is 5.91 Å². The zero-order valence-corrected chi connectivity index (χ0v) is 15.7. The maximum absolute atomic E-state index is 11.9. The second kappa shape index (κ2) is 5.73. The van der Waals surface area contributed by atoms with Gasteiger partial charge < -0.3 is 14.8 Å². The summed E-state index contributed by atoms with van der Waals surface area (Å²) in [6.45, 7) is 7.05. The van der Waals surface area contributed by atoms with Crippen molar-refractivity contribution in [3.8, 4) is 5.75 Å². The predicted molar refractivity (Wildman–Crippen MR) is 96.3 cm³/mol. The van der Waals surface area contributed by atoms with Gasteiger partial charge in [-0.2, -0.15) is 0 Å². The van der Waals surface area contributed by atoms with E-state index < -0.39 is 0 Å². The number of carbonyl (C=O) groups is 1. The van der Waals surface area contributed by atoms with Gasteiger partial charge in [0.25, 0.3) is 0 Å². The fourth-order valence-corrected chi connectivity index (χ4v) is 6.20. The molecule has 4 heteroatoms. The van der Waals surface area contributed by atoms with Crippen LogP contribution in [0.15, 0.2) is 24.3 Å². The quantitative estimate of drug-likeness (QED) is 0.910. The van der Waals surface area contributed by atoms with Crippen molar-refractivity contribution in [2.75, 3.05) is 13.7 Å². The Balaban J connectivity index is 1.74. The molecule has 1 N–H and O–H groups in total. The van der Waals surface area contributed by atoms with Crippen LogP contribution < -0.4 is 10.1 Å². The van der Waals surface area contributed by atoms with Crippen molar-refractivity contribution in [1.29, 1.82) is 0 Å². The highest BCUT2D eigenvalue weighted by Crippen LogP contribution is 2.70. The van der Waals surface area contributed by atoms with Crippen LogP contribution in [0.3, 0.4) is 0 Å². The number of benzene rings is 1. The van der Waals surface area contributed by atoms with Crippen LogP contribution in [0.5, 0.6) is 5.75 Å². The molecular weight excluding hydrogens is 314 g/mol. The molecule has 25 heavy (non-hydrogen) atoms. The van der Waals surface area contributed by atoms with E-state index in [0.717, 1.165) is 24.3 Å². The van der Waals surface area contributed by atoms with E-state index >= 15 is 0 Å². The minimum Gasteiger partial charge on any atom is -0.496 e. The van der Waals surface area contributed by atoms with Crippen molar-refractivity contribution < 1.29 is 14.3 Å². The summed E-state index contributed by atoms with van der Waals surface area (Å²) < 4.78 is 11.9. The van der Waals surface area contributed by atoms with E-state index in [4.69, 9.17) is 9.47 Å². The number of carbonyl (C=O) groups excluding carboxylic acids is 1. The van der Waals surface area contributed by atoms with Gasteiger partial charge in [-0.15, -0.1) is 0 Å². The number of hydrogen-bond donors (Lipinski definition) is 1. The third-order valence-electron chi connectivity index (χ3n) is 7.30. The van der Waals surface area contributed by atoms with Crippen LogP contribution in [-0.2, 0) is 9.53 Å². The highest BCUT2D eigenvalue weighted by Gasteiger charge is 2.68. The van der Waals surface area contributed by atoms with Crippen molar-refractivity contribution in [2.24, 2.45) is 22.7 Å². The number of rotatable bonds is 3. The molecule has 2 aliphatic carbocycles. The fraction of sp³-hybridized carbons (Fsp3) is 0.667. The lowest BCUT2D eigenvalue weighted by Gasteiger charge is -2.53. The molecule has 4 nitrogen and oxygen atoms in total. The Labute approximate surface area is 150 Å². The Hall–Kier alpha value is -1.55. The summed E-state index contributed by atoms with van der Waals surface area (Å²) in [6, 6.07) is 8.44. The van der Waals surface area contributed by atoms with Crippen LogP contribution in [0.1, 0.15) is 51.7 Å². The van der Waals surface area contributed by atoms with E-state index in [-0.39, 0.29) is 28.9 Å². The highest BCUT2D eigenvalue weighted by atomic mass is 16.5. The third-order valence-corrected chi connectivity index (χ3v) is 7.30. The first-order valence-corrected chi connectivity index (χ1v) is 9.42. The van der Waals surface area contributed by atoms with Crippen LogP contribution in [0.4, 0.5) is 0 Å². The maximum Gasteiger partial charge on any atom is 0.217 e. The Kier molecular flexibility index (Phi) is 3.87. The Morgan fingerprint density at radius 1 is 1.32 bits per heavy atom. The van der Waals surface area contributed by atoms with E-state index in [1.54, 1.807) is 14.0 Å². The maximum atomic E-state index is 11.9. The average molecular weight is 343 g/mol. The lowest BCUT2D eigenvalue weighted by Crippen LogP contribution is -2.58. The molecule has 0 aromatic heterocycles. The number of nitrogens with one attached hydrogen (secondary N) is 1. The van der Waals surface area contributed by atoms with Crippen molar-refractivity contribution >= 4 is 5.91 Å². The second-order valence-electron chi connectivity index (χ2n) is 8.71. The number of fused-ring (bicyclic) bond motifs is 1. The smallest absolute Gasteiger partial charge is 0.217 e. The molecular formula is C21H29NO3. The van der Waals surface area contributed by atoms with E-state index in [0.29, 0.717) is 11.8 Å². The lowest BCUT2D eigenvalue weighted by molar-refractivity contribution is -0.136. The number of ether oxygens (including phenoxy) is 2. The Morgan fingerprint density at radius 3 is 2.80 bits per heavy atom. The van der Waals surface area contributed by atoms with Crippen LogP contribution in [0.2, 0.25) is 0 Å². The van der Waals surface area contributed by atoms with Gasteiger partial charge in [0.1, 0.15) is 5.75 Å². The van der Waals surface area contributed by atoms with Gasteiger partial charge in [0, 0.05) is 25.1 Å². The van der Waals surface area contributed by atoms with E-state index in [1.165, 1.54) is 12.8 Å². The van der Waals surface area contributed by atoms with Crippen LogP contribution in [0, 0.1) is 22.7 Å². The van der Waals surface area contributed by atoms with Gasteiger partial charge >= 0.3 is 0 Å². The fourth-order valence-electron chi connectivity index (χ4n) is 6.20. The molecule has 136 valence electrons. The van der Waals surface area contributed by atoms with Crippen molar-refractivity contribution in [1.82, 2.24) is 5.32 Å². The van der Waals surface area contributed by atoms with Gasteiger partial charge in [-0.3, -0.25) is 4.79 Å².